The number of hydrogen-bond donors (Lipinski definition) is 2. The molecule has 1 fully saturated rings. The van der Waals surface area contributed by atoms with E-state index in [1.54, 1.807) is 0 Å². The van der Waals surface area contributed by atoms with Gasteiger partial charge in [-0.25, -0.2) is 9.97 Å². The molecule has 5 nitrogen and oxygen atoms in total. The van der Waals surface area contributed by atoms with Crippen molar-refractivity contribution in [2.75, 3.05) is 24.2 Å². The van der Waals surface area contributed by atoms with E-state index < -0.39 is 0 Å². The second-order valence-electron chi connectivity index (χ2n) is 5.80. The van der Waals surface area contributed by atoms with Gasteiger partial charge in [0.1, 0.15) is 17.5 Å². The summed E-state index contributed by atoms with van der Waals surface area (Å²) in [6.45, 7) is 7.55. The SMILES string of the molecule is Cc1c(N)nc(C(C)C)nc1NCCOC1CCCC1. The number of nitrogens with two attached hydrogens (primary N) is 1. The Morgan fingerprint density at radius 3 is 2.65 bits per heavy atom. The van der Waals surface area contributed by atoms with Crippen LogP contribution in [0.2, 0.25) is 0 Å². The molecule has 5 heteroatoms. The maximum absolute atomic E-state index is 5.94. The fraction of sp³-hybridized carbons (Fsp3) is 0.733. The third-order valence-electron chi connectivity index (χ3n) is 3.77. The predicted molar refractivity (Wildman–Crippen MR) is 82.0 cm³/mol. The number of nitrogens with zero attached hydrogens (tertiary/aromatic N) is 2. The fourth-order valence-corrected chi connectivity index (χ4v) is 2.43. The fourth-order valence-electron chi connectivity index (χ4n) is 2.43. The van der Waals surface area contributed by atoms with Gasteiger partial charge in [0.15, 0.2) is 0 Å². The molecular weight excluding hydrogens is 252 g/mol. The molecule has 0 bridgehead atoms. The second kappa shape index (κ2) is 6.88. The Kier molecular flexibility index (Phi) is 5.17. The Morgan fingerprint density at radius 2 is 2.00 bits per heavy atom. The molecule has 0 atom stereocenters. The molecule has 0 aromatic carbocycles. The van der Waals surface area contributed by atoms with Crippen LogP contribution in [0.15, 0.2) is 0 Å². The smallest absolute Gasteiger partial charge is 0.135 e. The molecule has 0 aliphatic heterocycles. The van der Waals surface area contributed by atoms with Crippen LogP contribution >= 0.6 is 0 Å². The van der Waals surface area contributed by atoms with E-state index in [1.807, 2.05) is 6.92 Å². The minimum absolute atomic E-state index is 0.271. The molecule has 0 spiro atoms. The van der Waals surface area contributed by atoms with Crippen LogP contribution in [0.25, 0.3) is 0 Å². The van der Waals surface area contributed by atoms with Crippen molar-refractivity contribution in [3.8, 4) is 0 Å². The summed E-state index contributed by atoms with van der Waals surface area (Å²) in [5, 5.41) is 3.32. The van der Waals surface area contributed by atoms with Gasteiger partial charge in [0.05, 0.1) is 12.7 Å². The monoisotopic (exact) mass is 278 g/mol. The molecule has 2 rings (SSSR count). The summed E-state index contributed by atoms with van der Waals surface area (Å²) >= 11 is 0. The highest BCUT2D eigenvalue weighted by atomic mass is 16.5. The first-order valence-corrected chi connectivity index (χ1v) is 7.57. The van der Waals surface area contributed by atoms with Crippen molar-refractivity contribution in [2.45, 2.75) is 58.5 Å². The molecule has 1 aliphatic rings. The van der Waals surface area contributed by atoms with Crippen LogP contribution in [-0.2, 0) is 4.74 Å². The van der Waals surface area contributed by atoms with Crippen molar-refractivity contribution in [1.82, 2.24) is 9.97 Å². The van der Waals surface area contributed by atoms with Gasteiger partial charge in [-0.05, 0) is 19.8 Å². The lowest BCUT2D eigenvalue weighted by Gasteiger charge is -2.15. The summed E-state index contributed by atoms with van der Waals surface area (Å²) in [6.07, 6.45) is 5.47. The summed E-state index contributed by atoms with van der Waals surface area (Å²) in [6, 6.07) is 0. The van der Waals surface area contributed by atoms with E-state index in [9.17, 15) is 0 Å². The molecule has 112 valence electrons. The highest BCUT2D eigenvalue weighted by Crippen LogP contribution is 2.22. The molecule has 1 heterocycles. The van der Waals surface area contributed by atoms with Crippen LogP contribution in [-0.4, -0.2) is 29.2 Å². The number of rotatable bonds is 6. The van der Waals surface area contributed by atoms with E-state index in [2.05, 4.69) is 29.1 Å². The van der Waals surface area contributed by atoms with Gasteiger partial charge in [0, 0.05) is 18.0 Å². The highest BCUT2D eigenvalue weighted by Gasteiger charge is 2.15. The number of aromatic nitrogens is 2. The Labute approximate surface area is 121 Å². The van der Waals surface area contributed by atoms with Gasteiger partial charge in [0.2, 0.25) is 0 Å². The summed E-state index contributed by atoms with van der Waals surface area (Å²) in [4.78, 5) is 8.86. The maximum Gasteiger partial charge on any atom is 0.135 e. The van der Waals surface area contributed by atoms with Gasteiger partial charge in [-0.15, -0.1) is 0 Å². The van der Waals surface area contributed by atoms with Crippen LogP contribution in [0.5, 0.6) is 0 Å². The molecule has 0 amide bonds. The average Bonchev–Trinajstić information content (AvgIpc) is 2.92. The van der Waals surface area contributed by atoms with Crippen molar-refractivity contribution in [2.24, 2.45) is 0 Å². The van der Waals surface area contributed by atoms with Crippen molar-refractivity contribution in [1.29, 1.82) is 0 Å². The van der Waals surface area contributed by atoms with Gasteiger partial charge in [0.25, 0.3) is 0 Å². The van der Waals surface area contributed by atoms with Crippen LogP contribution in [0.1, 0.15) is 56.8 Å². The van der Waals surface area contributed by atoms with E-state index in [0.29, 0.717) is 18.5 Å². The lowest BCUT2D eigenvalue weighted by molar-refractivity contribution is 0.0658. The minimum Gasteiger partial charge on any atom is -0.383 e. The normalized spacial score (nSPS) is 16.0. The van der Waals surface area contributed by atoms with E-state index in [-0.39, 0.29) is 5.92 Å². The third-order valence-corrected chi connectivity index (χ3v) is 3.77. The highest BCUT2D eigenvalue weighted by molar-refractivity contribution is 5.54. The van der Waals surface area contributed by atoms with Gasteiger partial charge in [-0.3, -0.25) is 0 Å². The number of nitrogens with one attached hydrogen (secondary N) is 1. The van der Waals surface area contributed by atoms with Crippen molar-refractivity contribution >= 4 is 11.6 Å². The number of ether oxygens (including phenoxy) is 1. The number of hydrogen-bond acceptors (Lipinski definition) is 5. The molecule has 1 saturated carbocycles. The summed E-state index contributed by atoms with van der Waals surface area (Å²) < 4.78 is 5.84. The van der Waals surface area contributed by atoms with E-state index in [1.165, 1.54) is 25.7 Å². The summed E-state index contributed by atoms with van der Waals surface area (Å²) in [5.74, 6) is 2.44. The van der Waals surface area contributed by atoms with Crippen LogP contribution < -0.4 is 11.1 Å². The largest absolute Gasteiger partial charge is 0.383 e. The summed E-state index contributed by atoms with van der Waals surface area (Å²) in [5.41, 5.74) is 6.85. The van der Waals surface area contributed by atoms with Crippen LogP contribution in [0.4, 0.5) is 11.6 Å². The lowest BCUT2D eigenvalue weighted by Crippen LogP contribution is -2.17. The first-order chi connectivity index (χ1) is 9.58. The Bertz CT molecular complexity index is 442. The zero-order valence-corrected chi connectivity index (χ0v) is 12.8. The molecule has 1 aromatic heterocycles. The number of anilines is 2. The Morgan fingerprint density at radius 1 is 1.30 bits per heavy atom. The standard InChI is InChI=1S/C15H26N4O/c1-10(2)14-18-13(16)11(3)15(19-14)17-8-9-20-12-6-4-5-7-12/h10,12H,4-9H2,1-3H3,(H3,16,17,18,19). The van der Waals surface area contributed by atoms with Crippen LogP contribution in [0.3, 0.4) is 0 Å². The Hall–Kier alpha value is -1.36. The second-order valence-corrected chi connectivity index (χ2v) is 5.80. The average molecular weight is 278 g/mol. The van der Waals surface area contributed by atoms with E-state index in [0.717, 1.165) is 23.8 Å². The van der Waals surface area contributed by atoms with Crippen LogP contribution in [0, 0.1) is 6.92 Å². The van der Waals surface area contributed by atoms with Gasteiger partial charge in [-0.2, -0.15) is 0 Å². The zero-order chi connectivity index (χ0) is 14.5. The summed E-state index contributed by atoms with van der Waals surface area (Å²) in [7, 11) is 0. The predicted octanol–water partition coefficient (Wildman–Crippen LogP) is 2.86. The molecule has 1 aromatic rings. The quantitative estimate of drug-likeness (QED) is 0.783. The third kappa shape index (κ3) is 3.82. The van der Waals surface area contributed by atoms with Crippen molar-refractivity contribution < 1.29 is 4.74 Å². The van der Waals surface area contributed by atoms with Gasteiger partial charge in [-0.1, -0.05) is 26.7 Å². The van der Waals surface area contributed by atoms with E-state index in [4.69, 9.17) is 10.5 Å². The van der Waals surface area contributed by atoms with Crippen molar-refractivity contribution in [3.05, 3.63) is 11.4 Å². The van der Waals surface area contributed by atoms with Crippen molar-refractivity contribution in [3.63, 3.8) is 0 Å². The van der Waals surface area contributed by atoms with Gasteiger partial charge < -0.3 is 15.8 Å². The molecule has 0 saturated heterocycles. The first-order valence-electron chi connectivity index (χ1n) is 7.57. The van der Waals surface area contributed by atoms with Gasteiger partial charge >= 0.3 is 0 Å². The molecule has 20 heavy (non-hydrogen) atoms. The topological polar surface area (TPSA) is 73.1 Å². The number of nitrogen functional groups attached to an aromatic ring is 1. The molecule has 1 aliphatic carbocycles. The molecule has 0 radical (unpaired) electrons. The molecule has 0 unspecified atom stereocenters. The first kappa shape index (κ1) is 15.0. The molecular formula is C15H26N4O. The molecule has 3 N–H and O–H groups in total. The van der Waals surface area contributed by atoms with E-state index >= 15 is 0 Å². The maximum atomic E-state index is 5.94. The lowest BCUT2D eigenvalue weighted by atomic mass is 10.2. The minimum atomic E-state index is 0.271. The Balaban J connectivity index is 1.87. The zero-order valence-electron chi connectivity index (χ0n) is 12.8.